The van der Waals surface area contributed by atoms with E-state index in [1.54, 1.807) is 12.1 Å². The zero-order valence-electron chi connectivity index (χ0n) is 19.8. The average molecular weight is 465 g/mol. The van der Waals surface area contributed by atoms with Crippen molar-refractivity contribution in [3.63, 3.8) is 0 Å². The third kappa shape index (κ3) is 6.23. The minimum absolute atomic E-state index is 0.181. The van der Waals surface area contributed by atoms with E-state index in [9.17, 15) is 13.2 Å². The minimum atomic E-state index is -3.61. The van der Waals surface area contributed by atoms with Crippen molar-refractivity contribution in [2.45, 2.75) is 63.7 Å². The van der Waals surface area contributed by atoms with Crippen LogP contribution in [0.5, 0.6) is 0 Å². The second kappa shape index (κ2) is 12.0. The van der Waals surface area contributed by atoms with Gasteiger partial charge < -0.3 is 15.1 Å². The van der Waals surface area contributed by atoms with Crippen molar-refractivity contribution in [3.8, 4) is 0 Å². The molecule has 2 heterocycles. The summed E-state index contributed by atoms with van der Waals surface area (Å²) in [5.74, 6) is -0.181. The quantitative estimate of drug-likeness (QED) is 0.538. The van der Waals surface area contributed by atoms with E-state index < -0.39 is 10.0 Å². The first kappa shape index (κ1) is 25.0. The number of nitrogens with zero attached hydrogens (tertiary/aromatic N) is 3. The summed E-state index contributed by atoms with van der Waals surface area (Å²) in [5.41, 5.74) is 1.31. The van der Waals surface area contributed by atoms with Crippen molar-refractivity contribution in [2.75, 3.05) is 57.3 Å². The lowest BCUT2D eigenvalue weighted by molar-refractivity contribution is 0.0952. The number of likely N-dealkylation sites (tertiary alicyclic amines) is 1. The zero-order chi connectivity index (χ0) is 23.0. The lowest BCUT2D eigenvalue weighted by Crippen LogP contribution is -2.33. The van der Waals surface area contributed by atoms with Gasteiger partial charge in [0.25, 0.3) is 5.91 Å². The summed E-state index contributed by atoms with van der Waals surface area (Å²) < 4.78 is 27.5. The van der Waals surface area contributed by atoms with Gasteiger partial charge in [-0.25, -0.2) is 8.42 Å². The fraction of sp³-hybridized carbons (Fsp3) is 0.708. The summed E-state index contributed by atoms with van der Waals surface area (Å²) >= 11 is 0. The molecular formula is C24H40N4O3S. The fourth-order valence-electron chi connectivity index (χ4n) is 4.76. The van der Waals surface area contributed by atoms with Gasteiger partial charge in [0.05, 0.1) is 10.5 Å². The Balaban J connectivity index is 1.72. The number of hydrogen-bond acceptors (Lipinski definition) is 5. The van der Waals surface area contributed by atoms with Gasteiger partial charge in [-0.05, 0) is 69.9 Å². The number of benzene rings is 1. The third-order valence-corrected chi connectivity index (χ3v) is 8.68. The molecule has 2 aliphatic heterocycles. The Morgan fingerprint density at radius 2 is 1.59 bits per heavy atom. The Bertz CT molecular complexity index is 841. The van der Waals surface area contributed by atoms with E-state index in [1.807, 2.05) is 19.9 Å². The number of sulfonamides is 1. The molecule has 1 N–H and O–H groups in total. The van der Waals surface area contributed by atoms with Gasteiger partial charge in [0.2, 0.25) is 10.0 Å². The van der Waals surface area contributed by atoms with Gasteiger partial charge in [-0.3, -0.25) is 4.79 Å². The molecule has 1 amide bonds. The summed E-state index contributed by atoms with van der Waals surface area (Å²) in [6, 6.07) is 5.04. The van der Waals surface area contributed by atoms with Crippen molar-refractivity contribution in [1.29, 1.82) is 0 Å². The van der Waals surface area contributed by atoms with E-state index in [4.69, 9.17) is 0 Å². The predicted molar refractivity (Wildman–Crippen MR) is 130 cm³/mol. The van der Waals surface area contributed by atoms with Gasteiger partial charge in [0, 0.05) is 38.4 Å². The summed E-state index contributed by atoms with van der Waals surface area (Å²) in [7, 11) is -3.61. The van der Waals surface area contributed by atoms with Crippen LogP contribution in [0.4, 0.5) is 5.69 Å². The van der Waals surface area contributed by atoms with Crippen LogP contribution in [0.2, 0.25) is 0 Å². The molecule has 0 unspecified atom stereocenters. The number of carbonyl (C=O) groups is 1. The molecule has 0 spiro atoms. The molecule has 0 atom stereocenters. The van der Waals surface area contributed by atoms with Crippen LogP contribution >= 0.6 is 0 Å². The Morgan fingerprint density at radius 1 is 0.969 bits per heavy atom. The zero-order valence-corrected chi connectivity index (χ0v) is 20.6. The molecule has 1 aromatic rings. The number of anilines is 1. The molecule has 0 aliphatic carbocycles. The number of nitrogens with one attached hydrogen (secondary N) is 1. The van der Waals surface area contributed by atoms with Crippen molar-refractivity contribution in [1.82, 2.24) is 14.5 Å². The summed E-state index contributed by atoms with van der Waals surface area (Å²) in [5, 5.41) is 3.05. The Kier molecular flexibility index (Phi) is 9.37. The van der Waals surface area contributed by atoms with Crippen LogP contribution in [0.3, 0.4) is 0 Å². The average Bonchev–Trinajstić information content (AvgIpc) is 3.20. The van der Waals surface area contributed by atoms with Crippen molar-refractivity contribution in [3.05, 3.63) is 23.8 Å². The molecule has 0 saturated carbocycles. The van der Waals surface area contributed by atoms with Gasteiger partial charge in [-0.15, -0.1) is 0 Å². The van der Waals surface area contributed by atoms with Crippen molar-refractivity contribution >= 4 is 21.6 Å². The predicted octanol–water partition coefficient (Wildman–Crippen LogP) is 3.31. The molecule has 0 radical (unpaired) electrons. The fourth-order valence-corrected chi connectivity index (χ4v) is 6.25. The molecular weight excluding hydrogens is 424 g/mol. The molecule has 8 heteroatoms. The molecule has 3 rings (SSSR count). The standard InChI is InChI=1S/C24H40N4O3S/c1-3-28(4-2)32(30,31)21-12-13-23(27-18-9-10-19-27)22(20-21)24(29)25-14-11-17-26-15-7-5-6-8-16-26/h12-13,20H,3-11,14-19H2,1-2H3,(H,25,29). The molecule has 2 saturated heterocycles. The largest absolute Gasteiger partial charge is 0.371 e. The molecule has 1 aromatic carbocycles. The highest BCUT2D eigenvalue weighted by molar-refractivity contribution is 7.89. The van der Waals surface area contributed by atoms with E-state index in [0.717, 1.165) is 57.7 Å². The smallest absolute Gasteiger partial charge is 0.253 e. The molecule has 180 valence electrons. The van der Waals surface area contributed by atoms with E-state index in [1.165, 1.54) is 30.0 Å². The molecule has 32 heavy (non-hydrogen) atoms. The molecule has 7 nitrogen and oxygen atoms in total. The van der Waals surface area contributed by atoms with Gasteiger partial charge in [0.15, 0.2) is 0 Å². The third-order valence-electron chi connectivity index (χ3n) is 6.64. The number of rotatable bonds is 10. The van der Waals surface area contributed by atoms with Crippen LogP contribution in [0.1, 0.15) is 69.2 Å². The number of carbonyl (C=O) groups excluding carboxylic acids is 1. The van der Waals surface area contributed by atoms with Crippen LogP contribution in [-0.2, 0) is 10.0 Å². The highest BCUT2D eigenvalue weighted by atomic mass is 32.2. The highest BCUT2D eigenvalue weighted by Gasteiger charge is 2.26. The first-order chi connectivity index (χ1) is 15.5. The first-order valence-corrected chi connectivity index (χ1v) is 13.8. The van der Waals surface area contributed by atoms with Gasteiger partial charge in [0.1, 0.15) is 0 Å². The number of hydrogen-bond donors (Lipinski definition) is 1. The Labute approximate surface area is 194 Å². The van der Waals surface area contributed by atoms with Crippen molar-refractivity contribution < 1.29 is 13.2 Å². The topological polar surface area (TPSA) is 73.0 Å². The second-order valence-electron chi connectivity index (χ2n) is 8.83. The lowest BCUT2D eigenvalue weighted by atomic mass is 10.1. The molecule has 2 aliphatic rings. The SMILES string of the molecule is CCN(CC)S(=O)(=O)c1ccc(N2CCCC2)c(C(=O)NCCCN2CCCCCC2)c1. The normalized spacial score (nSPS) is 18.2. The maximum atomic E-state index is 13.2. The van der Waals surface area contributed by atoms with Crippen molar-refractivity contribution in [2.24, 2.45) is 0 Å². The number of amides is 1. The van der Waals surface area contributed by atoms with Crippen LogP contribution in [0, 0.1) is 0 Å². The first-order valence-electron chi connectivity index (χ1n) is 12.4. The molecule has 0 bridgehead atoms. The van der Waals surface area contributed by atoms with Crippen LogP contribution in [0.25, 0.3) is 0 Å². The minimum Gasteiger partial charge on any atom is -0.371 e. The Hall–Kier alpha value is -1.64. The molecule has 0 aromatic heterocycles. The summed E-state index contributed by atoms with van der Waals surface area (Å²) in [6.07, 6.45) is 8.26. The highest BCUT2D eigenvalue weighted by Crippen LogP contribution is 2.28. The van der Waals surface area contributed by atoms with Crippen LogP contribution in [0.15, 0.2) is 23.1 Å². The van der Waals surface area contributed by atoms with Crippen LogP contribution < -0.4 is 10.2 Å². The lowest BCUT2D eigenvalue weighted by Gasteiger charge is -2.24. The Morgan fingerprint density at radius 3 is 2.22 bits per heavy atom. The second-order valence-corrected chi connectivity index (χ2v) is 10.8. The summed E-state index contributed by atoms with van der Waals surface area (Å²) in [4.78, 5) is 18.0. The van der Waals surface area contributed by atoms with Gasteiger partial charge >= 0.3 is 0 Å². The van der Waals surface area contributed by atoms with E-state index in [-0.39, 0.29) is 10.8 Å². The maximum absolute atomic E-state index is 13.2. The monoisotopic (exact) mass is 464 g/mol. The summed E-state index contributed by atoms with van der Waals surface area (Å²) in [6.45, 7) is 10.2. The van der Waals surface area contributed by atoms with Gasteiger partial charge in [-0.1, -0.05) is 26.7 Å². The van der Waals surface area contributed by atoms with E-state index in [0.29, 0.717) is 25.2 Å². The van der Waals surface area contributed by atoms with E-state index in [2.05, 4.69) is 15.1 Å². The van der Waals surface area contributed by atoms with Gasteiger partial charge in [-0.2, -0.15) is 4.31 Å². The van der Waals surface area contributed by atoms with Crippen LogP contribution in [-0.4, -0.2) is 75.9 Å². The molecule has 2 fully saturated rings. The maximum Gasteiger partial charge on any atom is 0.253 e. The van der Waals surface area contributed by atoms with E-state index >= 15 is 0 Å².